The average Bonchev–Trinajstić information content (AvgIpc) is 2.51. The Hall–Kier alpha value is -0.650. The highest BCUT2D eigenvalue weighted by atomic mass is 16.5. The van der Waals surface area contributed by atoms with Crippen LogP contribution in [-0.2, 0) is 9.53 Å². The van der Waals surface area contributed by atoms with E-state index in [1.165, 1.54) is 0 Å². The molecule has 1 fully saturated rings. The highest BCUT2D eigenvalue weighted by molar-refractivity contribution is 5.78. The second-order valence-electron chi connectivity index (χ2n) is 3.05. The van der Waals surface area contributed by atoms with E-state index < -0.39 is 6.10 Å². The van der Waals surface area contributed by atoms with Crippen LogP contribution in [0, 0.1) is 5.92 Å². The number of carbonyl (C=O) groups excluding carboxylic acids is 1. The zero-order valence-corrected chi connectivity index (χ0v) is 6.99. The number of rotatable bonds is 2. The van der Waals surface area contributed by atoms with Gasteiger partial charge in [-0.1, -0.05) is 0 Å². The van der Waals surface area contributed by atoms with Crippen molar-refractivity contribution in [2.24, 2.45) is 11.8 Å². The van der Waals surface area contributed by atoms with Crippen molar-refractivity contribution >= 4 is 5.91 Å². The Balaban J connectivity index is 2.40. The number of hydrogen-bond donors (Lipinski definition) is 3. The maximum Gasteiger partial charge on any atom is 0.239 e. The van der Waals surface area contributed by atoms with E-state index in [0.29, 0.717) is 13.0 Å². The fourth-order valence-corrected chi connectivity index (χ4v) is 1.29. The average molecular weight is 174 g/mol. The second-order valence-corrected chi connectivity index (χ2v) is 3.05. The third kappa shape index (κ3) is 1.94. The molecule has 3 atom stereocenters. The molecule has 0 aromatic carbocycles. The monoisotopic (exact) mass is 174 g/mol. The number of aliphatic hydroxyl groups excluding tert-OH is 1. The summed E-state index contributed by atoms with van der Waals surface area (Å²) in [5.74, 6) is 4.52. The first-order valence-corrected chi connectivity index (χ1v) is 3.95. The summed E-state index contributed by atoms with van der Waals surface area (Å²) in [5.41, 5.74) is 2.07. The van der Waals surface area contributed by atoms with Gasteiger partial charge < -0.3 is 9.84 Å². The third-order valence-electron chi connectivity index (χ3n) is 2.08. The van der Waals surface area contributed by atoms with Crippen LogP contribution in [-0.4, -0.2) is 29.8 Å². The SMILES string of the molecule is CC(O)C1CC(C(=O)NN)CO1. The molecule has 0 aromatic rings. The van der Waals surface area contributed by atoms with Crippen molar-refractivity contribution in [3.63, 3.8) is 0 Å². The molecule has 1 saturated heterocycles. The fraction of sp³-hybridized carbons (Fsp3) is 0.857. The van der Waals surface area contributed by atoms with Crippen LogP contribution in [0.5, 0.6) is 0 Å². The summed E-state index contributed by atoms with van der Waals surface area (Å²) in [5, 5.41) is 9.14. The number of aliphatic hydroxyl groups is 1. The normalized spacial score (nSPS) is 31.6. The first-order chi connectivity index (χ1) is 5.65. The largest absolute Gasteiger partial charge is 0.391 e. The van der Waals surface area contributed by atoms with Crippen LogP contribution in [0.2, 0.25) is 0 Å². The molecule has 5 nitrogen and oxygen atoms in total. The minimum Gasteiger partial charge on any atom is -0.391 e. The molecule has 0 aromatic heterocycles. The lowest BCUT2D eigenvalue weighted by Crippen LogP contribution is -2.36. The molecule has 12 heavy (non-hydrogen) atoms. The Bertz CT molecular complexity index is 172. The summed E-state index contributed by atoms with van der Waals surface area (Å²) in [7, 11) is 0. The van der Waals surface area contributed by atoms with E-state index in [9.17, 15) is 4.79 Å². The molecule has 1 rings (SSSR count). The summed E-state index contributed by atoms with van der Waals surface area (Å²) in [6, 6.07) is 0. The van der Waals surface area contributed by atoms with Gasteiger partial charge >= 0.3 is 0 Å². The topological polar surface area (TPSA) is 84.6 Å². The van der Waals surface area contributed by atoms with Crippen molar-refractivity contribution in [2.45, 2.75) is 25.6 Å². The van der Waals surface area contributed by atoms with Crippen LogP contribution in [0.1, 0.15) is 13.3 Å². The van der Waals surface area contributed by atoms with E-state index in [0.717, 1.165) is 0 Å². The maximum absolute atomic E-state index is 11.0. The highest BCUT2D eigenvalue weighted by Gasteiger charge is 2.32. The van der Waals surface area contributed by atoms with Crippen molar-refractivity contribution < 1.29 is 14.6 Å². The molecule has 0 saturated carbocycles. The molecule has 0 aliphatic carbocycles. The number of carbonyl (C=O) groups is 1. The molecule has 1 aliphatic rings. The quantitative estimate of drug-likeness (QED) is 0.278. The van der Waals surface area contributed by atoms with Crippen LogP contribution >= 0.6 is 0 Å². The Morgan fingerprint density at radius 1 is 1.83 bits per heavy atom. The van der Waals surface area contributed by atoms with E-state index in [4.69, 9.17) is 15.7 Å². The number of ether oxygens (including phenoxy) is 1. The number of nitrogens with two attached hydrogens (primary N) is 1. The molecule has 0 radical (unpaired) electrons. The van der Waals surface area contributed by atoms with E-state index in [-0.39, 0.29) is 17.9 Å². The van der Waals surface area contributed by atoms with Crippen LogP contribution in [0.4, 0.5) is 0 Å². The highest BCUT2D eigenvalue weighted by Crippen LogP contribution is 2.21. The molecule has 1 heterocycles. The summed E-state index contributed by atoms with van der Waals surface area (Å²) in [6.45, 7) is 1.99. The van der Waals surface area contributed by atoms with Crippen LogP contribution in [0.15, 0.2) is 0 Å². The van der Waals surface area contributed by atoms with Gasteiger partial charge in [-0.15, -0.1) is 0 Å². The van der Waals surface area contributed by atoms with Gasteiger partial charge in [0.2, 0.25) is 5.91 Å². The number of hydrogen-bond acceptors (Lipinski definition) is 4. The Morgan fingerprint density at radius 2 is 2.50 bits per heavy atom. The van der Waals surface area contributed by atoms with Crippen molar-refractivity contribution in [1.82, 2.24) is 5.43 Å². The second kappa shape index (κ2) is 3.84. The fourth-order valence-electron chi connectivity index (χ4n) is 1.29. The Kier molecular flexibility index (Phi) is 3.02. The van der Waals surface area contributed by atoms with Gasteiger partial charge in [0.25, 0.3) is 0 Å². The van der Waals surface area contributed by atoms with Gasteiger partial charge in [0.05, 0.1) is 24.7 Å². The molecular weight excluding hydrogens is 160 g/mol. The lowest BCUT2D eigenvalue weighted by Gasteiger charge is -2.11. The lowest BCUT2D eigenvalue weighted by molar-refractivity contribution is -0.125. The minimum atomic E-state index is -0.527. The summed E-state index contributed by atoms with van der Waals surface area (Å²) in [6.07, 6.45) is -0.214. The van der Waals surface area contributed by atoms with Gasteiger partial charge in [0, 0.05) is 0 Å². The number of hydrazine groups is 1. The Morgan fingerprint density at radius 3 is 2.92 bits per heavy atom. The molecular formula is C7H14N2O3. The zero-order chi connectivity index (χ0) is 9.14. The van der Waals surface area contributed by atoms with E-state index in [2.05, 4.69) is 5.43 Å². The van der Waals surface area contributed by atoms with Crippen molar-refractivity contribution in [3.8, 4) is 0 Å². The smallest absolute Gasteiger partial charge is 0.239 e. The van der Waals surface area contributed by atoms with Gasteiger partial charge in [0.1, 0.15) is 0 Å². The predicted molar refractivity (Wildman–Crippen MR) is 41.9 cm³/mol. The predicted octanol–water partition coefficient (Wildman–Crippen LogP) is -1.24. The molecule has 0 spiro atoms. The third-order valence-corrected chi connectivity index (χ3v) is 2.08. The summed E-state index contributed by atoms with van der Waals surface area (Å²) >= 11 is 0. The van der Waals surface area contributed by atoms with Gasteiger partial charge in [-0.25, -0.2) is 5.84 Å². The number of nitrogens with one attached hydrogen (secondary N) is 1. The standard InChI is InChI=1S/C7H14N2O3/c1-4(10)6-2-5(3-12-6)7(11)9-8/h4-6,10H,2-3,8H2,1H3,(H,9,11). The van der Waals surface area contributed by atoms with E-state index in [1.54, 1.807) is 6.92 Å². The van der Waals surface area contributed by atoms with Gasteiger partial charge in [-0.2, -0.15) is 0 Å². The molecule has 1 amide bonds. The van der Waals surface area contributed by atoms with Crippen LogP contribution in [0.3, 0.4) is 0 Å². The van der Waals surface area contributed by atoms with Crippen molar-refractivity contribution in [3.05, 3.63) is 0 Å². The van der Waals surface area contributed by atoms with Crippen LogP contribution < -0.4 is 11.3 Å². The van der Waals surface area contributed by atoms with Crippen molar-refractivity contribution in [2.75, 3.05) is 6.61 Å². The summed E-state index contributed by atoms with van der Waals surface area (Å²) < 4.78 is 5.18. The molecule has 5 heteroatoms. The summed E-state index contributed by atoms with van der Waals surface area (Å²) in [4.78, 5) is 11.0. The maximum atomic E-state index is 11.0. The van der Waals surface area contributed by atoms with E-state index >= 15 is 0 Å². The van der Waals surface area contributed by atoms with Gasteiger partial charge in [-0.05, 0) is 13.3 Å². The first-order valence-electron chi connectivity index (χ1n) is 3.95. The zero-order valence-electron chi connectivity index (χ0n) is 6.99. The van der Waals surface area contributed by atoms with E-state index in [1.807, 2.05) is 0 Å². The molecule has 70 valence electrons. The molecule has 1 aliphatic heterocycles. The minimum absolute atomic E-state index is 0.213. The lowest BCUT2D eigenvalue weighted by atomic mass is 10.0. The molecule has 0 bridgehead atoms. The number of amides is 1. The Labute approximate surface area is 70.9 Å². The molecule has 3 unspecified atom stereocenters. The van der Waals surface area contributed by atoms with Gasteiger partial charge in [0.15, 0.2) is 0 Å². The first kappa shape index (κ1) is 9.44. The van der Waals surface area contributed by atoms with Crippen LogP contribution in [0.25, 0.3) is 0 Å². The molecule has 4 N–H and O–H groups in total. The van der Waals surface area contributed by atoms with Crippen molar-refractivity contribution in [1.29, 1.82) is 0 Å². The van der Waals surface area contributed by atoms with Gasteiger partial charge in [-0.3, -0.25) is 10.2 Å².